The molecule has 5 nitrogen and oxygen atoms in total. The lowest BCUT2D eigenvalue weighted by Crippen LogP contribution is -2.08. The molecule has 0 aliphatic rings. The molecule has 0 radical (unpaired) electrons. The number of nitrogens with one attached hydrogen (secondary N) is 1. The van der Waals surface area contributed by atoms with E-state index in [0.717, 1.165) is 12.3 Å². The zero-order valence-corrected chi connectivity index (χ0v) is 15.3. The van der Waals surface area contributed by atoms with Crippen LogP contribution in [0.15, 0.2) is 58.5 Å². The number of allylic oxidation sites excluding steroid dienone is 1. The van der Waals surface area contributed by atoms with Gasteiger partial charge in [-0.3, -0.25) is 0 Å². The number of nitrogens with zero attached hydrogens (tertiary/aromatic N) is 1. The number of benzene rings is 2. The maximum Gasteiger partial charge on any atom is 0.417 e. The van der Waals surface area contributed by atoms with Crippen molar-refractivity contribution in [2.45, 2.75) is 11.1 Å². The Labute approximate surface area is 158 Å². The fourth-order valence-corrected chi connectivity index (χ4v) is 3.34. The third kappa shape index (κ3) is 4.72. The first-order valence-corrected chi connectivity index (χ1v) is 9.08. The highest BCUT2D eigenvalue weighted by molar-refractivity contribution is 7.95. The normalized spacial score (nSPS) is 12.4. The number of hydrogen-bond donors (Lipinski definition) is 1. The van der Waals surface area contributed by atoms with Gasteiger partial charge in [-0.1, -0.05) is 11.6 Å². The second-order valence-electron chi connectivity index (χ2n) is 5.14. The van der Waals surface area contributed by atoms with Crippen LogP contribution in [0.3, 0.4) is 0 Å². The van der Waals surface area contributed by atoms with Gasteiger partial charge in [0.1, 0.15) is 11.8 Å². The Morgan fingerprint density at radius 3 is 2.37 bits per heavy atom. The largest absolute Gasteiger partial charge is 0.497 e. The molecule has 27 heavy (non-hydrogen) atoms. The van der Waals surface area contributed by atoms with Crippen LogP contribution in [0.25, 0.3) is 0 Å². The van der Waals surface area contributed by atoms with Crippen LogP contribution in [0.4, 0.5) is 18.9 Å². The van der Waals surface area contributed by atoms with Gasteiger partial charge in [-0.15, -0.1) is 0 Å². The molecule has 0 spiro atoms. The lowest BCUT2D eigenvalue weighted by molar-refractivity contribution is -0.137. The van der Waals surface area contributed by atoms with Gasteiger partial charge in [-0.2, -0.15) is 18.4 Å². The Morgan fingerprint density at radius 1 is 1.22 bits per heavy atom. The molecule has 1 N–H and O–H groups in total. The van der Waals surface area contributed by atoms with E-state index in [-0.39, 0.29) is 10.6 Å². The molecule has 2 aromatic rings. The maximum atomic E-state index is 12.9. The van der Waals surface area contributed by atoms with E-state index in [1.165, 1.54) is 43.5 Å². The van der Waals surface area contributed by atoms with E-state index in [2.05, 4.69) is 5.32 Å². The zero-order chi connectivity index (χ0) is 20.2. The van der Waals surface area contributed by atoms with E-state index in [1.807, 2.05) is 0 Å². The molecule has 0 amide bonds. The number of alkyl halides is 3. The summed E-state index contributed by atoms with van der Waals surface area (Å²) in [5.74, 6) is 0.426. The van der Waals surface area contributed by atoms with Crippen LogP contribution in [-0.2, 0) is 16.0 Å². The van der Waals surface area contributed by atoms with Crippen LogP contribution in [0.2, 0.25) is 5.02 Å². The number of nitriles is 1. The maximum absolute atomic E-state index is 12.9. The topological polar surface area (TPSA) is 79.2 Å². The third-order valence-electron chi connectivity index (χ3n) is 3.41. The summed E-state index contributed by atoms with van der Waals surface area (Å²) in [7, 11) is -2.75. The second-order valence-corrected chi connectivity index (χ2v) is 7.46. The van der Waals surface area contributed by atoms with Crippen LogP contribution >= 0.6 is 11.6 Å². The van der Waals surface area contributed by atoms with Crippen LogP contribution in [0.5, 0.6) is 5.75 Å². The van der Waals surface area contributed by atoms with Crippen molar-refractivity contribution in [3.63, 3.8) is 0 Å². The molecule has 0 fully saturated rings. The van der Waals surface area contributed by atoms with Gasteiger partial charge in [0.15, 0.2) is 4.91 Å². The van der Waals surface area contributed by atoms with Crippen molar-refractivity contribution in [1.29, 1.82) is 5.26 Å². The minimum Gasteiger partial charge on any atom is -0.497 e. The predicted molar refractivity (Wildman–Crippen MR) is 94.0 cm³/mol. The standard InChI is InChI=1S/C17H12ClF3N2O3S/c1-26-12-3-5-13(6-4-12)27(24,25)14(9-22)10-23-11-2-7-16(18)15(8-11)17(19,20)21/h2-8,10,23H,1H3/b14-10+. The summed E-state index contributed by atoms with van der Waals surface area (Å²) in [6.07, 6.45) is -3.85. The molecule has 0 saturated heterocycles. The number of ether oxygens (including phenoxy) is 1. The highest BCUT2D eigenvalue weighted by Crippen LogP contribution is 2.36. The Balaban J connectivity index is 2.35. The van der Waals surface area contributed by atoms with E-state index in [9.17, 15) is 21.6 Å². The number of halogens is 4. The van der Waals surface area contributed by atoms with Gasteiger partial charge in [0.05, 0.1) is 22.6 Å². The van der Waals surface area contributed by atoms with Crippen molar-refractivity contribution in [2.24, 2.45) is 0 Å². The highest BCUT2D eigenvalue weighted by Gasteiger charge is 2.33. The number of rotatable bonds is 5. The first-order valence-electron chi connectivity index (χ1n) is 7.22. The molecule has 0 saturated carbocycles. The summed E-state index contributed by atoms with van der Waals surface area (Å²) in [6, 6.07) is 9.81. The molecule has 10 heteroatoms. The van der Waals surface area contributed by atoms with Gasteiger partial charge in [-0.25, -0.2) is 8.42 Å². The number of methoxy groups -OCH3 is 1. The molecular formula is C17H12ClF3N2O3S. The molecule has 0 atom stereocenters. The van der Waals surface area contributed by atoms with Gasteiger partial charge >= 0.3 is 6.18 Å². The number of anilines is 1. The summed E-state index contributed by atoms with van der Waals surface area (Å²) < 4.78 is 68.6. The fourth-order valence-electron chi connectivity index (χ4n) is 2.03. The minimum absolute atomic E-state index is 0.0793. The molecule has 0 bridgehead atoms. The molecule has 2 rings (SSSR count). The van der Waals surface area contributed by atoms with Crippen LogP contribution in [0, 0.1) is 11.3 Å². The summed E-state index contributed by atoms with van der Waals surface area (Å²) in [5, 5.41) is 11.1. The van der Waals surface area contributed by atoms with Crippen LogP contribution < -0.4 is 10.1 Å². The number of sulfone groups is 1. The van der Waals surface area contributed by atoms with E-state index in [0.29, 0.717) is 11.8 Å². The zero-order valence-electron chi connectivity index (χ0n) is 13.7. The van der Waals surface area contributed by atoms with Gasteiger partial charge in [0.25, 0.3) is 0 Å². The first-order chi connectivity index (χ1) is 12.6. The fraction of sp³-hybridized carbons (Fsp3) is 0.118. The van der Waals surface area contributed by atoms with Crippen molar-refractivity contribution >= 4 is 27.1 Å². The monoisotopic (exact) mass is 416 g/mol. The van der Waals surface area contributed by atoms with E-state index in [4.69, 9.17) is 21.6 Å². The lowest BCUT2D eigenvalue weighted by Gasteiger charge is -2.11. The van der Waals surface area contributed by atoms with Crippen molar-refractivity contribution in [3.05, 3.63) is 64.2 Å². The summed E-state index contributed by atoms with van der Waals surface area (Å²) in [5.41, 5.74) is -1.16. The number of hydrogen-bond acceptors (Lipinski definition) is 5. The molecule has 0 aromatic heterocycles. The highest BCUT2D eigenvalue weighted by atomic mass is 35.5. The third-order valence-corrected chi connectivity index (χ3v) is 5.42. The van der Waals surface area contributed by atoms with Gasteiger partial charge in [0.2, 0.25) is 9.84 Å². The van der Waals surface area contributed by atoms with E-state index < -0.39 is 31.5 Å². The summed E-state index contributed by atoms with van der Waals surface area (Å²) >= 11 is 5.53. The SMILES string of the molecule is COc1ccc(S(=O)(=O)/C(C#N)=C/Nc2ccc(Cl)c(C(F)(F)F)c2)cc1. The lowest BCUT2D eigenvalue weighted by atomic mass is 10.2. The molecule has 0 heterocycles. The van der Waals surface area contributed by atoms with Crippen molar-refractivity contribution in [1.82, 2.24) is 0 Å². The Kier molecular flexibility index (Phi) is 6.03. The molecular weight excluding hydrogens is 405 g/mol. The van der Waals surface area contributed by atoms with Crippen molar-refractivity contribution in [2.75, 3.05) is 12.4 Å². The summed E-state index contributed by atoms with van der Waals surface area (Å²) in [4.78, 5) is -0.832. The van der Waals surface area contributed by atoms with E-state index in [1.54, 1.807) is 0 Å². The van der Waals surface area contributed by atoms with Crippen molar-refractivity contribution in [3.8, 4) is 11.8 Å². The smallest absolute Gasteiger partial charge is 0.417 e. The van der Waals surface area contributed by atoms with Gasteiger partial charge in [0, 0.05) is 11.9 Å². The quantitative estimate of drug-likeness (QED) is 0.719. The molecule has 142 valence electrons. The first kappa shape index (κ1) is 20.6. The average Bonchev–Trinajstić information content (AvgIpc) is 2.62. The van der Waals surface area contributed by atoms with Crippen LogP contribution in [-0.4, -0.2) is 15.5 Å². The molecule has 2 aromatic carbocycles. The van der Waals surface area contributed by atoms with Gasteiger partial charge in [-0.05, 0) is 42.5 Å². The Morgan fingerprint density at radius 2 is 1.85 bits per heavy atom. The second kappa shape index (κ2) is 7.90. The van der Waals surface area contributed by atoms with Crippen LogP contribution in [0.1, 0.15) is 5.56 Å². The average molecular weight is 417 g/mol. The molecule has 0 unspecified atom stereocenters. The molecule has 0 aliphatic heterocycles. The van der Waals surface area contributed by atoms with E-state index >= 15 is 0 Å². The van der Waals surface area contributed by atoms with Gasteiger partial charge < -0.3 is 10.1 Å². The van der Waals surface area contributed by atoms with Crippen molar-refractivity contribution < 1.29 is 26.3 Å². The predicted octanol–water partition coefficient (Wildman–Crippen LogP) is 4.62. The Hall–Kier alpha value is -2.70. The Bertz CT molecular complexity index is 1010. The molecule has 0 aliphatic carbocycles. The minimum atomic E-state index is -4.67. The summed E-state index contributed by atoms with van der Waals surface area (Å²) in [6.45, 7) is 0.